The molecule has 1 aliphatic rings. The summed E-state index contributed by atoms with van der Waals surface area (Å²) in [5.41, 5.74) is -1.81. The van der Waals surface area contributed by atoms with Gasteiger partial charge in [0.25, 0.3) is 5.70 Å². The molecule has 0 N–H and O–H groups in total. The summed E-state index contributed by atoms with van der Waals surface area (Å²) in [4.78, 5) is 19.7. The second-order valence-corrected chi connectivity index (χ2v) is 2.73. The summed E-state index contributed by atoms with van der Waals surface area (Å²) in [5.74, 6) is 0. The summed E-state index contributed by atoms with van der Waals surface area (Å²) >= 11 is 0. The molecule has 0 heterocycles. The minimum absolute atomic E-state index is 0.136. The Morgan fingerprint density at radius 1 is 1.50 bits per heavy atom. The molecule has 0 amide bonds. The highest BCUT2D eigenvalue weighted by Crippen LogP contribution is 2.24. The second kappa shape index (κ2) is 3.54. The molecule has 1 aliphatic carbocycles. The topological polar surface area (TPSA) is 95.5 Å². The molecule has 14 heavy (non-hydrogen) atoms. The largest absolute Gasteiger partial charge is 0.348 e. The number of hydrogen-bond acceptors (Lipinski definition) is 5. The van der Waals surface area contributed by atoms with Gasteiger partial charge >= 0.3 is 5.72 Å². The quantitative estimate of drug-likeness (QED) is 0.380. The predicted molar refractivity (Wildman–Crippen MR) is 45.6 cm³/mol. The van der Waals surface area contributed by atoms with E-state index >= 15 is 0 Å². The zero-order valence-electron chi connectivity index (χ0n) is 7.37. The van der Waals surface area contributed by atoms with Crippen molar-refractivity contribution in [1.82, 2.24) is 0 Å². The first-order valence-corrected chi connectivity index (χ1v) is 3.75. The van der Waals surface area contributed by atoms with E-state index in [2.05, 4.69) is 0 Å². The fourth-order valence-corrected chi connectivity index (χ4v) is 1.10. The van der Waals surface area contributed by atoms with Crippen LogP contribution in [0, 0.1) is 20.2 Å². The van der Waals surface area contributed by atoms with Gasteiger partial charge in [-0.15, -0.1) is 0 Å². The van der Waals surface area contributed by atoms with Crippen LogP contribution in [-0.2, 0) is 4.74 Å². The summed E-state index contributed by atoms with van der Waals surface area (Å²) in [5, 5.41) is 20.9. The molecule has 0 aromatic carbocycles. The number of nitro groups is 2. The molecule has 1 atom stereocenters. The van der Waals surface area contributed by atoms with Gasteiger partial charge in [-0.05, 0) is 0 Å². The third-order valence-electron chi connectivity index (χ3n) is 1.99. The van der Waals surface area contributed by atoms with E-state index in [1.165, 1.54) is 13.2 Å². The fourth-order valence-electron chi connectivity index (χ4n) is 1.10. The van der Waals surface area contributed by atoms with Gasteiger partial charge in [-0.1, -0.05) is 0 Å². The minimum Gasteiger partial charge on any atom is -0.315 e. The van der Waals surface area contributed by atoms with E-state index in [1.807, 2.05) is 0 Å². The maximum atomic E-state index is 10.6. The second-order valence-electron chi connectivity index (χ2n) is 2.73. The lowest BCUT2D eigenvalue weighted by Gasteiger charge is -2.19. The zero-order chi connectivity index (χ0) is 10.8. The van der Waals surface area contributed by atoms with E-state index in [0.717, 1.165) is 12.2 Å². The normalized spacial score (nSPS) is 25.6. The van der Waals surface area contributed by atoms with Crippen molar-refractivity contribution in [3.63, 3.8) is 0 Å². The molecule has 0 bridgehead atoms. The fraction of sp³-hybridized carbons (Fsp3) is 0.429. The van der Waals surface area contributed by atoms with E-state index < -0.39 is 15.6 Å². The lowest BCUT2D eigenvalue weighted by atomic mass is 10.0. The first-order valence-electron chi connectivity index (χ1n) is 3.75. The summed E-state index contributed by atoms with van der Waals surface area (Å²) in [7, 11) is 1.19. The number of ether oxygens (including phenoxy) is 1. The predicted octanol–water partition coefficient (Wildman–Crippen LogP) is 0.726. The van der Waals surface area contributed by atoms with Crippen molar-refractivity contribution >= 4 is 0 Å². The molecule has 0 spiro atoms. The molecule has 0 aliphatic heterocycles. The van der Waals surface area contributed by atoms with Gasteiger partial charge in [0, 0.05) is 25.3 Å². The van der Waals surface area contributed by atoms with Gasteiger partial charge in [-0.2, -0.15) is 0 Å². The lowest BCUT2D eigenvalue weighted by molar-refractivity contribution is -0.610. The molecule has 0 fully saturated rings. The van der Waals surface area contributed by atoms with Crippen molar-refractivity contribution in [2.24, 2.45) is 0 Å². The standard InChI is InChI=1S/C7H8N2O5/c1-14-7(9(12)13)4-2-6(3-5-7)8(10)11/h2-4H,5H2,1H3. The highest BCUT2D eigenvalue weighted by Gasteiger charge is 2.42. The molecular formula is C7H8N2O5. The summed E-state index contributed by atoms with van der Waals surface area (Å²) in [6.45, 7) is 0. The third-order valence-corrected chi connectivity index (χ3v) is 1.99. The van der Waals surface area contributed by atoms with Crippen LogP contribution in [0.3, 0.4) is 0 Å². The van der Waals surface area contributed by atoms with Crippen LogP contribution in [-0.4, -0.2) is 22.7 Å². The van der Waals surface area contributed by atoms with E-state index in [4.69, 9.17) is 4.74 Å². The first-order chi connectivity index (χ1) is 6.52. The highest BCUT2D eigenvalue weighted by atomic mass is 16.7. The number of hydrogen-bond donors (Lipinski definition) is 0. The molecule has 7 heteroatoms. The van der Waals surface area contributed by atoms with Crippen LogP contribution in [0.2, 0.25) is 0 Å². The van der Waals surface area contributed by atoms with E-state index in [0.29, 0.717) is 0 Å². The SMILES string of the molecule is COC1([N+](=O)[O-])C=CC([N+](=O)[O-])=CC1. The van der Waals surface area contributed by atoms with Crippen LogP contribution in [0.4, 0.5) is 0 Å². The first kappa shape index (κ1) is 10.3. The number of methoxy groups -OCH3 is 1. The molecule has 0 saturated carbocycles. The van der Waals surface area contributed by atoms with E-state index in [1.54, 1.807) is 0 Å². The molecule has 0 radical (unpaired) electrons. The Morgan fingerprint density at radius 3 is 2.43 bits per heavy atom. The van der Waals surface area contributed by atoms with Crippen LogP contribution < -0.4 is 0 Å². The minimum atomic E-state index is -1.65. The highest BCUT2D eigenvalue weighted by molar-refractivity contribution is 5.20. The van der Waals surface area contributed by atoms with E-state index in [9.17, 15) is 20.2 Å². The maximum Gasteiger partial charge on any atom is 0.348 e. The Hall–Kier alpha value is -1.76. The third kappa shape index (κ3) is 1.62. The average Bonchev–Trinajstić information content (AvgIpc) is 2.17. The smallest absolute Gasteiger partial charge is 0.315 e. The Kier molecular flexibility index (Phi) is 2.61. The summed E-state index contributed by atoms with van der Waals surface area (Å²) in [6.07, 6.45) is 3.20. The van der Waals surface area contributed by atoms with Gasteiger partial charge in [-0.3, -0.25) is 20.2 Å². The van der Waals surface area contributed by atoms with Crippen LogP contribution in [0.1, 0.15) is 6.42 Å². The van der Waals surface area contributed by atoms with Crippen molar-refractivity contribution in [1.29, 1.82) is 0 Å². The molecule has 1 unspecified atom stereocenters. The maximum absolute atomic E-state index is 10.6. The Morgan fingerprint density at radius 2 is 2.14 bits per heavy atom. The van der Waals surface area contributed by atoms with Gasteiger partial charge in [-0.25, -0.2) is 0 Å². The Balaban J connectivity index is 2.90. The Labute approximate surface area is 79.0 Å². The average molecular weight is 200 g/mol. The lowest BCUT2D eigenvalue weighted by Crippen LogP contribution is -2.39. The molecule has 1 rings (SSSR count). The Bertz CT molecular complexity index is 335. The van der Waals surface area contributed by atoms with Crippen molar-refractivity contribution in [3.8, 4) is 0 Å². The molecule has 0 saturated heterocycles. The molecular weight excluding hydrogens is 192 g/mol. The summed E-state index contributed by atoms with van der Waals surface area (Å²) < 4.78 is 4.72. The van der Waals surface area contributed by atoms with Gasteiger partial charge in [0.1, 0.15) is 0 Å². The van der Waals surface area contributed by atoms with Crippen LogP contribution >= 0.6 is 0 Å². The molecule has 0 aromatic heterocycles. The monoisotopic (exact) mass is 200 g/mol. The van der Waals surface area contributed by atoms with Crippen LogP contribution in [0.5, 0.6) is 0 Å². The van der Waals surface area contributed by atoms with Gasteiger partial charge in [0.2, 0.25) is 0 Å². The van der Waals surface area contributed by atoms with Crippen molar-refractivity contribution < 1.29 is 14.6 Å². The van der Waals surface area contributed by atoms with Crippen LogP contribution in [0.25, 0.3) is 0 Å². The van der Waals surface area contributed by atoms with Crippen molar-refractivity contribution in [3.05, 3.63) is 44.2 Å². The van der Waals surface area contributed by atoms with Gasteiger partial charge in [0.15, 0.2) is 0 Å². The number of nitrogens with zero attached hydrogens (tertiary/aromatic N) is 2. The molecule has 76 valence electrons. The molecule has 0 aromatic rings. The van der Waals surface area contributed by atoms with Crippen molar-refractivity contribution in [2.75, 3.05) is 7.11 Å². The summed E-state index contributed by atoms with van der Waals surface area (Å²) in [6, 6.07) is 0. The number of rotatable bonds is 3. The zero-order valence-corrected chi connectivity index (χ0v) is 7.37. The van der Waals surface area contributed by atoms with Gasteiger partial charge < -0.3 is 4.74 Å². The van der Waals surface area contributed by atoms with E-state index in [-0.39, 0.29) is 12.1 Å². The van der Waals surface area contributed by atoms with Gasteiger partial charge in [0.05, 0.1) is 16.3 Å². The molecule has 7 nitrogen and oxygen atoms in total. The van der Waals surface area contributed by atoms with Crippen molar-refractivity contribution in [2.45, 2.75) is 12.1 Å². The number of allylic oxidation sites excluding steroid dienone is 1. The van der Waals surface area contributed by atoms with Crippen LogP contribution in [0.15, 0.2) is 23.9 Å².